The second-order valence-electron chi connectivity index (χ2n) is 8.55. The predicted molar refractivity (Wildman–Crippen MR) is 134 cm³/mol. The second kappa shape index (κ2) is 10.5. The SMILES string of the molecule is Cc1ccc(S(=O)(=O)Nc2ccc(NC(=O)[C@@H](NC(=O)c3cccc(C)c3)C(C)C)cc2)cc1. The van der Waals surface area contributed by atoms with Gasteiger partial charge in [0.05, 0.1) is 4.90 Å². The first kappa shape index (κ1) is 25.0. The van der Waals surface area contributed by atoms with Crippen LogP contribution in [0, 0.1) is 19.8 Å². The highest BCUT2D eigenvalue weighted by molar-refractivity contribution is 7.92. The van der Waals surface area contributed by atoms with Crippen molar-refractivity contribution in [1.82, 2.24) is 5.32 Å². The zero-order valence-corrected chi connectivity index (χ0v) is 20.4. The summed E-state index contributed by atoms with van der Waals surface area (Å²) in [5, 5.41) is 5.59. The maximum Gasteiger partial charge on any atom is 0.261 e. The minimum atomic E-state index is -3.72. The lowest BCUT2D eigenvalue weighted by atomic mass is 10.0. The van der Waals surface area contributed by atoms with Gasteiger partial charge in [0.1, 0.15) is 6.04 Å². The Morgan fingerprint density at radius 2 is 1.41 bits per heavy atom. The van der Waals surface area contributed by atoms with Gasteiger partial charge in [-0.1, -0.05) is 49.2 Å². The van der Waals surface area contributed by atoms with Gasteiger partial charge in [-0.15, -0.1) is 0 Å². The Hall–Kier alpha value is -3.65. The molecule has 8 heteroatoms. The van der Waals surface area contributed by atoms with Crippen molar-refractivity contribution in [2.24, 2.45) is 5.92 Å². The lowest BCUT2D eigenvalue weighted by Gasteiger charge is -2.22. The van der Waals surface area contributed by atoms with Crippen LogP contribution in [-0.2, 0) is 14.8 Å². The molecule has 0 saturated heterocycles. The van der Waals surface area contributed by atoms with E-state index < -0.39 is 16.1 Å². The fourth-order valence-corrected chi connectivity index (χ4v) is 4.38. The molecule has 3 N–H and O–H groups in total. The molecule has 0 radical (unpaired) electrons. The molecular weight excluding hydrogens is 450 g/mol. The summed E-state index contributed by atoms with van der Waals surface area (Å²) in [6.07, 6.45) is 0. The smallest absolute Gasteiger partial charge is 0.261 e. The molecule has 0 bridgehead atoms. The third-order valence-electron chi connectivity index (χ3n) is 5.25. The minimum Gasteiger partial charge on any atom is -0.340 e. The molecule has 34 heavy (non-hydrogen) atoms. The van der Waals surface area contributed by atoms with Crippen molar-refractivity contribution in [3.8, 4) is 0 Å². The Kier molecular flexibility index (Phi) is 7.73. The molecule has 7 nitrogen and oxygen atoms in total. The summed E-state index contributed by atoms with van der Waals surface area (Å²) in [6.45, 7) is 7.48. The van der Waals surface area contributed by atoms with E-state index in [0.29, 0.717) is 16.9 Å². The minimum absolute atomic E-state index is 0.144. The molecule has 0 fully saturated rings. The number of carbonyl (C=O) groups is 2. The van der Waals surface area contributed by atoms with Crippen LogP contribution >= 0.6 is 0 Å². The van der Waals surface area contributed by atoms with Gasteiger partial charge in [-0.25, -0.2) is 8.42 Å². The lowest BCUT2D eigenvalue weighted by Crippen LogP contribution is -2.47. The van der Waals surface area contributed by atoms with Crippen molar-refractivity contribution in [1.29, 1.82) is 0 Å². The maximum absolute atomic E-state index is 12.9. The zero-order valence-electron chi connectivity index (χ0n) is 19.6. The van der Waals surface area contributed by atoms with Crippen LogP contribution in [0.15, 0.2) is 77.7 Å². The van der Waals surface area contributed by atoms with Crippen LogP contribution in [0.4, 0.5) is 11.4 Å². The first-order valence-electron chi connectivity index (χ1n) is 10.9. The highest BCUT2D eigenvalue weighted by atomic mass is 32.2. The lowest BCUT2D eigenvalue weighted by molar-refractivity contribution is -0.118. The van der Waals surface area contributed by atoms with Gasteiger partial charge in [0, 0.05) is 16.9 Å². The Labute approximate surface area is 200 Å². The van der Waals surface area contributed by atoms with E-state index in [-0.39, 0.29) is 22.6 Å². The normalized spacial score (nSPS) is 12.1. The summed E-state index contributed by atoms with van der Waals surface area (Å²) in [4.78, 5) is 25.7. The Morgan fingerprint density at radius 1 is 0.794 bits per heavy atom. The standard InChI is InChI=1S/C26H29N3O4S/c1-17(2)24(28-25(30)20-7-5-6-19(4)16-20)26(31)27-21-10-12-22(13-11-21)29-34(32,33)23-14-8-18(3)9-15-23/h5-17,24,29H,1-4H3,(H,27,31)(H,28,30)/t24-/m0/s1. The van der Waals surface area contributed by atoms with Crippen LogP contribution in [0.5, 0.6) is 0 Å². The highest BCUT2D eigenvalue weighted by Gasteiger charge is 2.25. The molecule has 2 amide bonds. The monoisotopic (exact) mass is 479 g/mol. The van der Waals surface area contributed by atoms with Gasteiger partial charge in [-0.05, 0) is 68.3 Å². The summed E-state index contributed by atoms with van der Waals surface area (Å²) in [7, 11) is -3.72. The van der Waals surface area contributed by atoms with Crippen LogP contribution in [-0.4, -0.2) is 26.3 Å². The topological polar surface area (TPSA) is 104 Å². The fourth-order valence-electron chi connectivity index (χ4n) is 3.32. The molecule has 3 aromatic carbocycles. The Balaban J connectivity index is 1.66. The van der Waals surface area contributed by atoms with E-state index in [1.54, 1.807) is 66.7 Å². The summed E-state index contributed by atoms with van der Waals surface area (Å²) in [5.41, 5.74) is 3.26. The first-order valence-corrected chi connectivity index (χ1v) is 12.4. The molecule has 0 aliphatic rings. The molecule has 3 rings (SSSR count). The number of anilines is 2. The van der Waals surface area contributed by atoms with Crippen LogP contribution in [0.2, 0.25) is 0 Å². The molecule has 3 aromatic rings. The van der Waals surface area contributed by atoms with E-state index >= 15 is 0 Å². The number of rotatable bonds is 8. The molecule has 0 unspecified atom stereocenters. The van der Waals surface area contributed by atoms with Crippen molar-refractivity contribution < 1.29 is 18.0 Å². The third-order valence-corrected chi connectivity index (χ3v) is 6.65. The van der Waals surface area contributed by atoms with E-state index in [1.165, 1.54) is 0 Å². The van der Waals surface area contributed by atoms with E-state index in [1.807, 2.05) is 33.8 Å². The molecule has 1 atom stereocenters. The van der Waals surface area contributed by atoms with Crippen LogP contribution in [0.1, 0.15) is 35.3 Å². The summed E-state index contributed by atoms with van der Waals surface area (Å²) in [5.74, 6) is -0.822. The summed E-state index contributed by atoms with van der Waals surface area (Å²) >= 11 is 0. The third kappa shape index (κ3) is 6.45. The summed E-state index contributed by atoms with van der Waals surface area (Å²) < 4.78 is 27.6. The van der Waals surface area contributed by atoms with Gasteiger partial charge >= 0.3 is 0 Å². The Morgan fingerprint density at radius 3 is 2.00 bits per heavy atom. The first-order chi connectivity index (χ1) is 16.0. The number of carbonyl (C=O) groups excluding carboxylic acids is 2. The number of hydrogen-bond acceptors (Lipinski definition) is 4. The van der Waals surface area contributed by atoms with Gasteiger partial charge in [0.25, 0.3) is 15.9 Å². The molecule has 0 saturated carbocycles. The number of aryl methyl sites for hydroxylation is 2. The van der Waals surface area contributed by atoms with Crippen molar-refractivity contribution in [3.05, 3.63) is 89.5 Å². The fraction of sp³-hybridized carbons (Fsp3) is 0.231. The number of hydrogen-bond donors (Lipinski definition) is 3. The van der Waals surface area contributed by atoms with Crippen molar-refractivity contribution in [2.45, 2.75) is 38.6 Å². The van der Waals surface area contributed by atoms with Gasteiger partial charge in [0.2, 0.25) is 5.91 Å². The van der Waals surface area contributed by atoms with Gasteiger partial charge in [-0.3, -0.25) is 14.3 Å². The van der Waals surface area contributed by atoms with Crippen LogP contribution in [0.25, 0.3) is 0 Å². The van der Waals surface area contributed by atoms with E-state index in [4.69, 9.17) is 0 Å². The molecule has 0 aromatic heterocycles. The second-order valence-corrected chi connectivity index (χ2v) is 10.2. The zero-order chi connectivity index (χ0) is 24.9. The van der Waals surface area contributed by atoms with E-state index in [2.05, 4.69) is 15.4 Å². The largest absolute Gasteiger partial charge is 0.340 e. The Bertz CT molecular complexity index is 1270. The quantitative estimate of drug-likeness (QED) is 0.442. The summed E-state index contributed by atoms with van der Waals surface area (Å²) in [6, 6.07) is 19.3. The van der Waals surface area contributed by atoms with Gasteiger partial charge in [-0.2, -0.15) is 0 Å². The molecule has 0 aliphatic carbocycles. The van der Waals surface area contributed by atoms with Crippen molar-refractivity contribution in [2.75, 3.05) is 10.0 Å². The van der Waals surface area contributed by atoms with Crippen molar-refractivity contribution in [3.63, 3.8) is 0 Å². The maximum atomic E-state index is 12.9. The molecule has 0 aliphatic heterocycles. The van der Waals surface area contributed by atoms with E-state index in [9.17, 15) is 18.0 Å². The number of sulfonamides is 1. The molecule has 0 heterocycles. The predicted octanol–water partition coefficient (Wildman–Crippen LogP) is 4.50. The number of benzene rings is 3. The molecular formula is C26H29N3O4S. The van der Waals surface area contributed by atoms with Crippen LogP contribution < -0.4 is 15.4 Å². The molecule has 178 valence electrons. The average Bonchev–Trinajstić information content (AvgIpc) is 2.78. The highest BCUT2D eigenvalue weighted by Crippen LogP contribution is 2.19. The number of nitrogens with one attached hydrogen (secondary N) is 3. The van der Waals surface area contributed by atoms with Crippen LogP contribution in [0.3, 0.4) is 0 Å². The van der Waals surface area contributed by atoms with Gasteiger partial charge in [0.15, 0.2) is 0 Å². The van der Waals surface area contributed by atoms with Crippen molar-refractivity contribution >= 4 is 33.2 Å². The van der Waals surface area contributed by atoms with E-state index in [0.717, 1.165) is 11.1 Å². The molecule has 0 spiro atoms. The average molecular weight is 480 g/mol. The number of amides is 2. The van der Waals surface area contributed by atoms with Gasteiger partial charge < -0.3 is 10.6 Å².